The molecule has 6 rings (SSSR count). The van der Waals surface area contributed by atoms with Crippen molar-refractivity contribution in [2.45, 2.75) is 70.3 Å². The number of carbonyl (C=O) groups excluding carboxylic acids is 2. The highest BCUT2D eigenvalue weighted by Crippen LogP contribution is 2.64. The van der Waals surface area contributed by atoms with Crippen LogP contribution in [-0.4, -0.2) is 32.3 Å². The van der Waals surface area contributed by atoms with Crippen LogP contribution in [0.1, 0.15) is 75.8 Å². The first-order valence-corrected chi connectivity index (χ1v) is 13.9. The van der Waals surface area contributed by atoms with Gasteiger partial charge in [0.15, 0.2) is 0 Å². The lowest BCUT2D eigenvalue weighted by molar-refractivity contribution is -0.141. The molecular formula is C32H40O5. The van der Waals surface area contributed by atoms with Crippen LogP contribution in [0.4, 0.5) is 0 Å². The van der Waals surface area contributed by atoms with E-state index in [1.807, 2.05) is 12.1 Å². The Labute approximate surface area is 220 Å². The zero-order chi connectivity index (χ0) is 25.9. The van der Waals surface area contributed by atoms with Gasteiger partial charge in [-0.15, -0.1) is 0 Å². The molecule has 1 unspecified atom stereocenters. The van der Waals surface area contributed by atoms with E-state index in [9.17, 15) is 9.59 Å². The fraction of sp³-hybridized carbons (Fsp3) is 0.562. The van der Waals surface area contributed by atoms with Crippen molar-refractivity contribution < 1.29 is 23.8 Å². The van der Waals surface area contributed by atoms with Gasteiger partial charge in [-0.25, -0.2) is 4.79 Å². The first-order valence-electron chi connectivity index (χ1n) is 13.9. The summed E-state index contributed by atoms with van der Waals surface area (Å²) in [4.78, 5) is 22.6. The average Bonchev–Trinajstić information content (AvgIpc) is 2.89. The number of benzene rings is 1. The number of ether oxygens (including phenoxy) is 3. The van der Waals surface area contributed by atoms with E-state index in [0.717, 1.165) is 48.1 Å². The summed E-state index contributed by atoms with van der Waals surface area (Å²) in [5, 5.41) is 0. The van der Waals surface area contributed by atoms with E-state index in [-0.39, 0.29) is 11.9 Å². The molecule has 0 aromatic heterocycles. The van der Waals surface area contributed by atoms with Crippen LogP contribution in [0, 0.1) is 23.2 Å². The van der Waals surface area contributed by atoms with Gasteiger partial charge in [0, 0.05) is 26.0 Å². The van der Waals surface area contributed by atoms with Gasteiger partial charge in [0.25, 0.3) is 0 Å². The highest BCUT2D eigenvalue weighted by Gasteiger charge is 2.53. The Morgan fingerprint density at radius 2 is 1.62 bits per heavy atom. The molecule has 0 aliphatic heterocycles. The van der Waals surface area contributed by atoms with E-state index in [1.54, 1.807) is 11.6 Å². The molecule has 0 spiro atoms. The minimum absolute atomic E-state index is 0.237. The van der Waals surface area contributed by atoms with Gasteiger partial charge in [-0.05, 0) is 97.8 Å². The predicted octanol–water partition coefficient (Wildman–Crippen LogP) is 6.53. The summed E-state index contributed by atoms with van der Waals surface area (Å²) in [5.74, 6) is 2.10. The maximum Gasteiger partial charge on any atom is 0.330 e. The van der Waals surface area contributed by atoms with Crippen molar-refractivity contribution in [1.29, 1.82) is 0 Å². The molecule has 0 radical (unpaired) electrons. The molecule has 5 nitrogen and oxygen atoms in total. The standard InChI is InChI=1S/C32H40O5/c1-23(33)36-14-3-4-15-37-32(28-10-7-24(8-11-28)9-12-30(34)35-2)13-5-6-29(22-32)31-19-25-16-26(20-31)18-27(17-25)21-31/h5-13,25-27H,3-4,14-22H2,1-2H3/b12-9+. The minimum atomic E-state index is -0.514. The molecule has 1 aromatic rings. The summed E-state index contributed by atoms with van der Waals surface area (Å²) in [5.41, 5.74) is 3.48. The van der Waals surface area contributed by atoms with Crippen LogP contribution in [-0.2, 0) is 29.4 Å². The predicted molar refractivity (Wildman–Crippen MR) is 143 cm³/mol. The lowest BCUT2D eigenvalue weighted by atomic mass is 9.47. The third-order valence-corrected chi connectivity index (χ3v) is 9.05. The molecular weight excluding hydrogens is 464 g/mol. The van der Waals surface area contributed by atoms with Gasteiger partial charge < -0.3 is 14.2 Å². The van der Waals surface area contributed by atoms with Crippen molar-refractivity contribution in [1.82, 2.24) is 0 Å². The first-order chi connectivity index (χ1) is 17.9. The summed E-state index contributed by atoms with van der Waals surface area (Å²) >= 11 is 0. The Hall–Kier alpha value is -2.66. The van der Waals surface area contributed by atoms with E-state index in [4.69, 9.17) is 14.2 Å². The Bertz CT molecular complexity index is 1040. The molecule has 4 fully saturated rings. The number of rotatable bonds is 10. The molecule has 5 aliphatic rings. The highest BCUT2D eigenvalue weighted by atomic mass is 16.5. The van der Waals surface area contributed by atoms with Crippen LogP contribution in [0.25, 0.3) is 6.08 Å². The molecule has 198 valence electrons. The fourth-order valence-electron chi connectivity index (χ4n) is 7.75. The minimum Gasteiger partial charge on any atom is -0.466 e. The van der Waals surface area contributed by atoms with Gasteiger partial charge >= 0.3 is 11.9 Å². The van der Waals surface area contributed by atoms with E-state index >= 15 is 0 Å². The van der Waals surface area contributed by atoms with E-state index in [0.29, 0.717) is 18.6 Å². The number of unbranched alkanes of at least 4 members (excludes halogenated alkanes) is 1. The molecule has 1 atom stereocenters. The van der Waals surface area contributed by atoms with Crippen molar-refractivity contribution in [2.75, 3.05) is 20.3 Å². The molecule has 0 saturated heterocycles. The maximum absolute atomic E-state index is 11.5. The third kappa shape index (κ3) is 5.77. The number of methoxy groups -OCH3 is 1. The fourth-order valence-corrected chi connectivity index (χ4v) is 7.75. The topological polar surface area (TPSA) is 61.8 Å². The molecule has 5 heteroatoms. The van der Waals surface area contributed by atoms with Gasteiger partial charge in [0.2, 0.25) is 0 Å². The molecule has 1 aromatic carbocycles. The second-order valence-electron chi connectivity index (χ2n) is 11.7. The zero-order valence-corrected chi connectivity index (χ0v) is 22.2. The Morgan fingerprint density at radius 1 is 0.973 bits per heavy atom. The first kappa shape index (κ1) is 26.0. The highest BCUT2D eigenvalue weighted by molar-refractivity contribution is 5.86. The average molecular weight is 505 g/mol. The Kier molecular flexibility index (Phi) is 7.71. The third-order valence-electron chi connectivity index (χ3n) is 9.05. The molecule has 4 saturated carbocycles. The Balaban J connectivity index is 1.35. The largest absolute Gasteiger partial charge is 0.466 e. The quantitative estimate of drug-likeness (QED) is 0.206. The van der Waals surface area contributed by atoms with E-state index in [2.05, 4.69) is 30.4 Å². The van der Waals surface area contributed by atoms with Crippen LogP contribution < -0.4 is 0 Å². The van der Waals surface area contributed by atoms with Crippen LogP contribution >= 0.6 is 0 Å². The van der Waals surface area contributed by atoms with Gasteiger partial charge in [-0.2, -0.15) is 0 Å². The lowest BCUT2D eigenvalue weighted by Crippen LogP contribution is -2.48. The zero-order valence-electron chi connectivity index (χ0n) is 22.2. The van der Waals surface area contributed by atoms with Crippen LogP contribution in [0.15, 0.2) is 54.1 Å². The van der Waals surface area contributed by atoms with Gasteiger partial charge in [0.05, 0.1) is 13.7 Å². The molecule has 4 bridgehead atoms. The van der Waals surface area contributed by atoms with E-state index in [1.165, 1.54) is 58.6 Å². The lowest BCUT2D eigenvalue weighted by Gasteiger charge is -2.58. The van der Waals surface area contributed by atoms with Crippen molar-refractivity contribution in [2.24, 2.45) is 23.2 Å². The number of carbonyl (C=O) groups is 2. The van der Waals surface area contributed by atoms with Crippen molar-refractivity contribution in [3.63, 3.8) is 0 Å². The van der Waals surface area contributed by atoms with Crippen molar-refractivity contribution in [3.8, 4) is 0 Å². The maximum atomic E-state index is 11.5. The normalized spacial score (nSPS) is 31.9. The molecule has 0 N–H and O–H groups in total. The summed E-state index contributed by atoms with van der Waals surface area (Å²) in [7, 11) is 1.38. The monoisotopic (exact) mass is 504 g/mol. The second kappa shape index (κ2) is 11.0. The Morgan fingerprint density at radius 3 is 2.24 bits per heavy atom. The summed E-state index contributed by atoms with van der Waals surface area (Å²) in [6.07, 6.45) is 20.9. The van der Waals surface area contributed by atoms with Crippen LogP contribution in [0.5, 0.6) is 0 Å². The molecule has 0 heterocycles. The summed E-state index contributed by atoms with van der Waals surface area (Å²) < 4.78 is 16.6. The summed E-state index contributed by atoms with van der Waals surface area (Å²) in [6.45, 7) is 2.48. The molecule has 37 heavy (non-hydrogen) atoms. The van der Waals surface area contributed by atoms with Crippen molar-refractivity contribution >= 4 is 18.0 Å². The SMILES string of the molecule is COC(=O)/C=C/c1ccc(C2(OCCCCOC(C)=O)C=CC=C(C34CC5CC(CC(C5)C3)C4)C2)cc1. The smallest absolute Gasteiger partial charge is 0.330 e. The molecule has 0 amide bonds. The number of hydrogen-bond acceptors (Lipinski definition) is 5. The van der Waals surface area contributed by atoms with Gasteiger partial charge in [-0.3, -0.25) is 4.79 Å². The van der Waals surface area contributed by atoms with Gasteiger partial charge in [0.1, 0.15) is 5.60 Å². The second-order valence-corrected chi connectivity index (χ2v) is 11.7. The van der Waals surface area contributed by atoms with Gasteiger partial charge in [-0.1, -0.05) is 42.0 Å². The van der Waals surface area contributed by atoms with Crippen LogP contribution in [0.3, 0.4) is 0 Å². The number of hydrogen-bond donors (Lipinski definition) is 0. The number of esters is 2. The van der Waals surface area contributed by atoms with E-state index < -0.39 is 5.60 Å². The van der Waals surface area contributed by atoms with Crippen molar-refractivity contribution in [3.05, 3.63) is 65.3 Å². The molecule has 5 aliphatic carbocycles. The number of allylic oxidation sites excluding steroid dienone is 2. The van der Waals surface area contributed by atoms with Crippen LogP contribution in [0.2, 0.25) is 0 Å². The summed E-state index contributed by atoms with van der Waals surface area (Å²) in [6, 6.07) is 8.33.